The molecular formula is C9H20O4S. The second kappa shape index (κ2) is 10.7. The summed E-state index contributed by atoms with van der Waals surface area (Å²) < 4.78 is 31.6. The Hall–Kier alpha value is -0.390. The predicted octanol–water partition coefficient (Wildman–Crippen LogP) is 2.88. The molecule has 4 nitrogen and oxygen atoms in total. The lowest BCUT2D eigenvalue weighted by molar-refractivity contribution is 0.381. The Kier molecular flexibility index (Phi) is 12.3. The number of allylic oxidation sites excluding steroid dienone is 1. The van der Waals surface area contributed by atoms with Crippen LogP contribution in [0.5, 0.6) is 0 Å². The van der Waals surface area contributed by atoms with Gasteiger partial charge in [0, 0.05) is 0 Å². The van der Waals surface area contributed by atoms with Crippen LogP contribution in [0.1, 0.15) is 45.4 Å². The van der Waals surface area contributed by atoms with E-state index in [2.05, 4.69) is 13.5 Å². The third-order valence-corrected chi connectivity index (χ3v) is 1.51. The molecule has 0 bridgehead atoms. The van der Waals surface area contributed by atoms with E-state index in [1.54, 1.807) is 0 Å². The largest absolute Gasteiger partial charge is 0.394 e. The summed E-state index contributed by atoms with van der Waals surface area (Å²) in [5.74, 6) is 0. The monoisotopic (exact) mass is 224 g/mol. The average molecular weight is 224 g/mol. The summed E-state index contributed by atoms with van der Waals surface area (Å²) in [6, 6.07) is 0. The Morgan fingerprint density at radius 2 is 1.57 bits per heavy atom. The summed E-state index contributed by atoms with van der Waals surface area (Å²) in [5.41, 5.74) is 0. The SMILES string of the molecule is C=CCCCCCCC.O=S(=O)(O)O. The first kappa shape index (κ1) is 16.1. The van der Waals surface area contributed by atoms with Crippen LogP contribution in [0, 0.1) is 0 Å². The summed E-state index contributed by atoms with van der Waals surface area (Å²) in [5, 5.41) is 0. The zero-order chi connectivity index (χ0) is 11.4. The molecule has 0 atom stereocenters. The minimum Gasteiger partial charge on any atom is -0.264 e. The Bertz CT molecular complexity index is 201. The van der Waals surface area contributed by atoms with Gasteiger partial charge in [0.25, 0.3) is 0 Å². The number of unbranched alkanes of at least 4 members (excludes halogenated alkanes) is 5. The van der Waals surface area contributed by atoms with E-state index in [1.807, 2.05) is 6.08 Å². The second-order valence-corrected chi connectivity index (χ2v) is 3.84. The van der Waals surface area contributed by atoms with Crippen LogP contribution in [0.4, 0.5) is 0 Å². The van der Waals surface area contributed by atoms with Crippen LogP contribution in [-0.2, 0) is 10.4 Å². The topological polar surface area (TPSA) is 74.6 Å². The molecule has 0 aromatic carbocycles. The maximum absolute atomic E-state index is 8.74. The van der Waals surface area contributed by atoms with Gasteiger partial charge < -0.3 is 0 Å². The van der Waals surface area contributed by atoms with Crippen LogP contribution in [0.2, 0.25) is 0 Å². The van der Waals surface area contributed by atoms with Crippen molar-refractivity contribution in [3.05, 3.63) is 12.7 Å². The van der Waals surface area contributed by atoms with Crippen molar-refractivity contribution in [3.8, 4) is 0 Å². The third kappa shape index (κ3) is 41.5. The van der Waals surface area contributed by atoms with Crippen molar-refractivity contribution < 1.29 is 17.5 Å². The molecule has 14 heavy (non-hydrogen) atoms. The number of hydrogen-bond donors (Lipinski definition) is 2. The Morgan fingerprint density at radius 3 is 1.93 bits per heavy atom. The highest BCUT2D eigenvalue weighted by atomic mass is 32.3. The van der Waals surface area contributed by atoms with Crippen LogP contribution < -0.4 is 0 Å². The van der Waals surface area contributed by atoms with Crippen LogP contribution in [0.3, 0.4) is 0 Å². The molecule has 0 aromatic heterocycles. The van der Waals surface area contributed by atoms with Gasteiger partial charge in [-0.1, -0.05) is 38.7 Å². The van der Waals surface area contributed by atoms with Gasteiger partial charge in [-0.15, -0.1) is 6.58 Å². The van der Waals surface area contributed by atoms with Gasteiger partial charge in [0.2, 0.25) is 0 Å². The molecule has 0 rings (SSSR count). The summed E-state index contributed by atoms with van der Waals surface area (Å²) in [7, 11) is -4.67. The summed E-state index contributed by atoms with van der Waals surface area (Å²) in [4.78, 5) is 0. The van der Waals surface area contributed by atoms with Crippen molar-refractivity contribution >= 4 is 10.4 Å². The van der Waals surface area contributed by atoms with E-state index >= 15 is 0 Å². The third-order valence-electron chi connectivity index (χ3n) is 1.51. The van der Waals surface area contributed by atoms with Gasteiger partial charge in [0.05, 0.1) is 0 Å². The lowest BCUT2D eigenvalue weighted by Gasteiger charge is -1.94. The second-order valence-electron chi connectivity index (χ2n) is 2.94. The van der Waals surface area contributed by atoms with E-state index in [9.17, 15) is 0 Å². The normalized spacial score (nSPS) is 10.2. The van der Waals surface area contributed by atoms with Crippen molar-refractivity contribution in [2.45, 2.75) is 45.4 Å². The summed E-state index contributed by atoms with van der Waals surface area (Å²) in [6.45, 7) is 5.92. The Balaban J connectivity index is 0. The molecule has 0 aliphatic rings. The highest BCUT2D eigenvalue weighted by Gasteiger charge is 1.85. The molecule has 0 amide bonds. The van der Waals surface area contributed by atoms with E-state index < -0.39 is 10.4 Å². The van der Waals surface area contributed by atoms with Gasteiger partial charge in [0.1, 0.15) is 0 Å². The molecule has 0 fully saturated rings. The first-order chi connectivity index (χ1) is 6.41. The Morgan fingerprint density at radius 1 is 1.14 bits per heavy atom. The van der Waals surface area contributed by atoms with Crippen LogP contribution in [0.15, 0.2) is 12.7 Å². The van der Waals surface area contributed by atoms with Gasteiger partial charge in [-0.25, -0.2) is 0 Å². The molecular weight excluding hydrogens is 204 g/mol. The average Bonchev–Trinajstić information content (AvgIpc) is 2.01. The predicted molar refractivity (Wildman–Crippen MR) is 57.8 cm³/mol. The van der Waals surface area contributed by atoms with Gasteiger partial charge in [-0.2, -0.15) is 8.42 Å². The lowest BCUT2D eigenvalue weighted by Crippen LogP contribution is -1.89. The molecule has 5 heteroatoms. The van der Waals surface area contributed by atoms with E-state index in [1.165, 1.54) is 38.5 Å². The molecule has 0 aliphatic heterocycles. The lowest BCUT2D eigenvalue weighted by atomic mass is 10.1. The van der Waals surface area contributed by atoms with Crippen molar-refractivity contribution in [2.75, 3.05) is 0 Å². The standard InChI is InChI=1S/C9H18.H2O4S/c1-3-5-7-9-8-6-4-2;1-5(2,3)4/h3H,1,4-9H2,2H3;(H2,1,2,3,4). The molecule has 0 aromatic rings. The first-order valence-electron chi connectivity index (χ1n) is 4.72. The Labute approximate surface area is 86.6 Å². The molecule has 0 spiro atoms. The fourth-order valence-corrected chi connectivity index (χ4v) is 0.892. The van der Waals surface area contributed by atoms with Gasteiger partial charge in [-0.3, -0.25) is 9.11 Å². The van der Waals surface area contributed by atoms with E-state index in [-0.39, 0.29) is 0 Å². The van der Waals surface area contributed by atoms with Crippen molar-refractivity contribution in [3.63, 3.8) is 0 Å². The molecule has 0 saturated carbocycles. The fourth-order valence-electron chi connectivity index (χ4n) is 0.892. The molecule has 0 saturated heterocycles. The molecule has 0 radical (unpaired) electrons. The smallest absolute Gasteiger partial charge is 0.264 e. The summed E-state index contributed by atoms with van der Waals surface area (Å²) >= 11 is 0. The zero-order valence-electron chi connectivity index (χ0n) is 8.65. The van der Waals surface area contributed by atoms with E-state index in [0.717, 1.165) is 0 Å². The zero-order valence-corrected chi connectivity index (χ0v) is 9.46. The first-order valence-corrected chi connectivity index (χ1v) is 6.12. The van der Waals surface area contributed by atoms with Crippen LogP contribution in [0.25, 0.3) is 0 Å². The number of rotatable bonds is 6. The molecule has 2 N–H and O–H groups in total. The van der Waals surface area contributed by atoms with Gasteiger partial charge in [-0.05, 0) is 12.8 Å². The van der Waals surface area contributed by atoms with Gasteiger partial charge in [0.15, 0.2) is 0 Å². The highest BCUT2D eigenvalue weighted by Crippen LogP contribution is 2.04. The van der Waals surface area contributed by atoms with Crippen molar-refractivity contribution in [2.24, 2.45) is 0 Å². The summed E-state index contributed by atoms with van der Waals surface area (Å²) in [6.07, 6.45) is 10.1. The highest BCUT2D eigenvalue weighted by molar-refractivity contribution is 7.79. The van der Waals surface area contributed by atoms with E-state index in [0.29, 0.717) is 0 Å². The number of hydrogen-bond acceptors (Lipinski definition) is 2. The van der Waals surface area contributed by atoms with E-state index in [4.69, 9.17) is 17.5 Å². The quantitative estimate of drug-likeness (QED) is 0.413. The minimum absolute atomic E-state index is 1.20. The maximum Gasteiger partial charge on any atom is 0.394 e. The van der Waals surface area contributed by atoms with Crippen LogP contribution in [-0.4, -0.2) is 17.5 Å². The molecule has 0 heterocycles. The van der Waals surface area contributed by atoms with Crippen LogP contribution >= 0.6 is 0 Å². The molecule has 0 unspecified atom stereocenters. The van der Waals surface area contributed by atoms with Crippen molar-refractivity contribution in [1.82, 2.24) is 0 Å². The minimum atomic E-state index is -4.67. The van der Waals surface area contributed by atoms with Gasteiger partial charge >= 0.3 is 10.4 Å². The molecule has 0 aliphatic carbocycles. The van der Waals surface area contributed by atoms with Crippen molar-refractivity contribution in [1.29, 1.82) is 0 Å². The maximum atomic E-state index is 8.74. The fraction of sp³-hybridized carbons (Fsp3) is 0.778. The molecule has 86 valence electrons.